The zero-order valence-electron chi connectivity index (χ0n) is 10.6. The summed E-state index contributed by atoms with van der Waals surface area (Å²) in [6.07, 6.45) is 0.358. The number of ketones is 1. The van der Waals surface area contributed by atoms with E-state index in [2.05, 4.69) is 0 Å². The zero-order valence-corrected chi connectivity index (χ0v) is 11.3. The standard InChI is InChI=1S/C16H16ClNO/c17-14-8-4-5-12(9-14)10-16(19)15(11-18)13-6-2-1-3-7-13/h1-9,15H,10-11,18H2. The van der Waals surface area contributed by atoms with Crippen molar-refractivity contribution in [1.29, 1.82) is 0 Å². The first-order chi connectivity index (χ1) is 9.20. The second kappa shape index (κ2) is 6.50. The van der Waals surface area contributed by atoms with Gasteiger partial charge in [-0.2, -0.15) is 0 Å². The first-order valence-electron chi connectivity index (χ1n) is 6.23. The van der Waals surface area contributed by atoms with Gasteiger partial charge in [0.05, 0.1) is 5.92 Å². The number of rotatable bonds is 5. The molecule has 0 saturated carbocycles. The molecule has 0 aliphatic carbocycles. The predicted octanol–water partition coefficient (Wildman–Crippen LogP) is 3.19. The van der Waals surface area contributed by atoms with Crippen LogP contribution in [-0.2, 0) is 11.2 Å². The molecule has 1 atom stereocenters. The molecule has 0 amide bonds. The highest BCUT2D eigenvalue weighted by molar-refractivity contribution is 6.30. The average molecular weight is 274 g/mol. The number of halogens is 1. The summed E-state index contributed by atoms with van der Waals surface area (Å²) in [5, 5.41) is 0.648. The van der Waals surface area contributed by atoms with Crippen molar-refractivity contribution < 1.29 is 4.79 Å². The lowest BCUT2D eigenvalue weighted by molar-refractivity contribution is -0.119. The third-order valence-electron chi connectivity index (χ3n) is 3.09. The van der Waals surface area contributed by atoms with Gasteiger partial charge in [-0.15, -0.1) is 0 Å². The summed E-state index contributed by atoms with van der Waals surface area (Å²) in [5.41, 5.74) is 7.63. The second-order valence-electron chi connectivity index (χ2n) is 4.47. The molecule has 0 spiro atoms. The summed E-state index contributed by atoms with van der Waals surface area (Å²) in [4.78, 5) is 12.3. The molecule has 0 bridgehead atoms. The Morgan fingerprint density at radius 3 is 2.47 bits per heavy atom. The van der Waals surface area contributed by atoms with E-state index in [0.29, 0.717) is 18.0 Å². The van der Waals surface area contributed by atoms with Crippen LogP contribution in [-0.4, -0.2) is 12.3 Å². The van der Waals surface area contributed by atoms with Gasteiger partial charge < -0.3 is 5.73 Å². The first-order valence-corrected chi connectivity index (χ1v) is 6.60. The van der Waals surface area contributed by atoms with Gasteiger partial charge in [0.15, 0.2) is 0 Å². The van der Waals surface area contributed by atoms with E-state index in [1.165, 1.54) is 0 Å². The molecule has 0 radical (unpaired) electrons. The highest BCUT2D eigenvalue weighted by Crippen LogP contribution is 2.19. The molecule has 3 heteroatoms. The van der Waals surface area contributed by atoms with E-state index in [-0.39, 0.29) is 11.7 Å². The fraction of sp³-hybridized carbons (Fsp3) is 0.188. The van der Waals surface area contributed by atoms with Gasteiger partial charge in [0, 0.05) is 18.0 Å². The topological polar surface area (TPSA) is 43.1 Å². The monoisotopic (exact) mass is 273 g/mol. The molecule has 1 unspecified atom stereocenters. The van der Waals surface area contributed by atoms with E-state index in [9.17, 15) is 4.79 Å². The summed E-state index contributed by atoms with van der Waals surface area (Å²) >= 11 is 5.92. The molecule has 0 aliphatic rings. The van der Waals surface area contributed by atoms with Crippen LogP contribution in [0, 0.1) is 0 Å². The second-order valence-corrected chi connectivity index (χ2v) is 4.91. The minimum atomic E-state index is -0.250. The number of carbonyl (C=O) groups excluding carboxylic acids is 1. The molecule has 0 heterocycles. The van der Waals surface area contributed by atoms with Gasteiger partial charge in [0.1, 0.15) is 5.78 Å². The maximum absolute atomic E-state index is 12.3. The van der Waals surface area contributed by atoms with Gasteiger partial charge >= 0.3 is 0 Å². The van der Waals surface area contributed by atoms with Crippen LogP contribution >= 0.6 is 11.6 Å². The third-order valence-corrected chi connectivity index (χ3v) is 3.33. The van der Waals surface area contributed by atoms with Gasteiger partial charge in [-0.3, -0.25) is 4.79 Å². The van der Waals surface area contributed by atoms with Crippen LogP contribution in [0.1, 0.15) is 17.0 Å². The van der Waals surface area contributed by atoms with Crippen molar-refractivity contribution in [3.63, 3.8) is 0 Å². The van der Waals surface area contributed by atoms with Crippen molar-refractivity contribution in [2.45, 2.75) is 12.3 Å². The van der Waals surface area contributed by atoms with Gasteiger partial charge in [-0.25, -0.2) is 0 Å². The van der Waals surface area contributed by atoms with E-state index >= 15 is 0 Å². The highest BCUT2D eigenvalue weighted by Gasteiger charge is 2.18. The molecule has 98 valence electrons. The fourth-order valence-corrected chi connectivity index (χ4v) is 2.32. The van der Waals surface area contributed by atoms with Crippen LogP contribution in [0.5, 0.6) is 0 Å². The Kier molecular flexibility index (Phi) is 4.72. The maximum atomic E-state index is 12.3. The van der Waals surface area contributed by atoms with Crippen molar-refractivity contribution in [3.05, 3.63) is 70.7 Å². The Morgan fingerprint density at radius 2 is 1.84 bits per heavy atom. The largest absolute Gasteiger partial charge is 0.329 e. The Morgan fingerprint density at radius 1 is 1.11 bits per heavy atom. The lowest BCUT2D eigenvalue weighted by atomic mass is 9.91. The van der Waals surface area contributed by atoms with E-state index in [1.54, 1.807) is 6.07 Å². The molecule has 0 aliphatic heterocycles. The van der Waals surface area contributed by atoms with E-state index in [0.717, 1.165) is 11.1 Å². The molecule has 2 nitrogen and oxygen atoms in total. The Labute approximate surface area is 118 Å². The third kappa shape index (κ3) is 3.66. The number of hydrogen-bond donors (Lipinski definition) is 1. The minimum Gasteiger partial charge on any atom is -0.329 e. The quantitative estimate of drug-likeness (QED) is 0.909. The SMILES string of the molecule is NCC(C(=O)Cc1cccc(Cl)c1)c1ccccc1. The number of nitrogens with two attached hydrogens (primary N) is 1. The number of hydrogen-bond acceptors (Lipinski definition) is 2. The van der Waals surface area contributed by atoms with E-state index < -0.39 is 0 Å². The van der Waals surface area contributed by atoms with Gasteiger partial charge in [0.25, 0.3) is 0 Å². The van der Waals surface area contributed by atoms with Gasteiger partial charge in [-0.05, 0) is 23.3 Å². The van der Waals surface area contributed by atoms with E-state index in [4.69, 9.17) is 17.3 Å². The van der Waals surface area contributed by atoms with Crippen LogP contribution < -0.4 is 5.73 Å². The van der Waals surface area contributed by atoms with Gasteiger partial charge in [-0.1, -0.05) is 54.1 Å². The number of carbonyl (C=O) groups is 1. The maximum Gasteiger partial charge on any atom is 0.145 e. The number of benzene rings is 2. The highest BCUT2D eigenvalue weighted by atomic mass is 35.5. The normalized spacial score (nSPS) is 12.1. The molecular weight excluding hydrogens is 258 g/mol. The smallest absolute Gasteiger partial charge is 0.145 e. The lowest BCUT2D eigenvalue weighted by Gasteiger charge is -2.14. The Bertz CT molecular complexity index is 554. The molecule has 2 aromatic carbocycles. The van der Waals surface area contributed by atoms with Crippen LogP contribution in [0.15, 0.2) is 54.6 Å². The molecule has 19 heavy (non-hydrogen) atoms. The van der Waals surface area contributed by atoms with Crippen LogP contribution in [0.3, 0.4) is 0 Å². The van der Waals surface area contributed by atoms with Gasteiger partial charge in [0.2, 0.25) is 0 Å². The summed E-state index contributed by atoms with van der Waals surface area (Å²) in [6.45, 7) is 0.323. The van der Waals surface area contributed by atoms with Crippen LogP contribution in [0.4, 0.5) is 0 Å². The average Bonchev–Trinajstić information content (AvgIpc) is 2.41. The van der Waals surface area contributed by atoms with Crippen LogP contribution in [0.25, 0.3) is 0 Å². The first kappa shape index (κ1) is 13.8. The number of Topliss-reactive ketones (excluding diaryl/α,β-unsaturated/α-hetero) is 1. The van der Waals surface area contributed by atoms with Crippen LogP contribution in [0.2, 0.25) is 5.02 Å². The molecule has 0 aromatic heterocycles. The molecular formula is C16H16ClNO. The lowest BCUT2D eigenvalue weighted by Crippen LogP contribution is -2.23. The minimum absolute atomic E-state index is 0.121. The molecule has 0 fully saturated rings. The summed E-state index contributed by atoms with van der Waals surface area (Å²) < 4.78 is 0. The fourth-order valence-electron chi connectivity index (χ4n) is 2.11. The molecule has 2 rings (SSSR count). The van der Waals surface area contributed by atoms with Crippen molar-refractivity contribution in [3.8, 4) is 0 Å². The van der Waals surface area contributed by atoms with Crippen molar-refractivity contribution in [2.24, 2.45) is 5.73 Å². The zero-order chi connectivity index (χ0) is 13.7. The molecule has 2 N–H and O–H groups in total. The Balaban J connectivity index is 2.14. The van der Waals surface area contributed by atoms with Crippen molar-refractivity contribution in [2.75, 3.05) is 6.54 Å². The Hall–Kier alpha value is -1.64. The summed E-state index contributed by atoms with van der Waals surface area (Å²) in [6, 6.07) is 17.0. The molecule has 0 saturated heterocycles. The molecule has 2 aromatic rings. The van der Waals surface area contributed by atoms with Crippen molar-refractivity contribution in [1.82, 2.24) is 0 Å². The van der Waals surface area contributed by atoms with E-state index in [1.807, 2.05) is 48.5 Å². The predicted molar refractivity (Wildman–Crippen MR) is 78.4 cm³/mol. The van der Waals surface area contributed by atoms with Crippen molar-refractivity contribution >= 4 is 17.4 Å². The summed E-state index contributed by atoms with van der Waals surface area (Å²) in [7, 11) is 0. The summed E-state index contributed by atoms with van der Waals surface area (Å²) in [5.74, 6) is -0.129.